The van der Waals surface area contributed by atoms with Crippen LogP contribution >= 0.6 is 0 Å². The van der Waals surface area contributed by atoms with Gasteiger partial charge < -0.3 is 10.3 Å². The summed E-state index contributed by atoms with van der Waals surface area (Å²) in [4.78, 5) is 4.17. The maximum atomic E-state index is 5.70. The van der Waals surface area contributed by atoms with Gasteiger partial charge in [0.2, 0.25) is 0 Å². The summed E-state index contributed by atoms with van der Waals surface area (Å²) in [7, 11) is 0. The molecule has 1 heterocycles. The van der Waals surface area contributed by atoms with E-state index in [9.17, 15) is 0 Å². The number of aryl methyl sites for hydroxylation is 1. The van der Waals surface area contributed by atoms with Crippen LogP contribution in [0.4, 0.5) is 0 Å². The molecule has 14 heavy (non-hydrogen) atoms. The van der Waals surface area contributed by atoms with Gasteiger partial charge in [0.15, 0.2) is 5.82 Å². The largest absolute Gasteiger partial charge is 0.324 e. The van der Waals surface area contributed by atoms with Gasteiger partial charge in [-0.1, -0.05) is 19.8 Å². The molecule has 0 amide bonds. The van der Waals surface area contributed by atoms with E-state index in [1.807, 2.05) is 13.1 Å². The highest BCUT2D eigenvalue weighted by atomic mass is 15.0. The Balaban J connectivity index is 2.73. The molecular formula is C11H17N3. The van der Waals surface area contributed by atoms with Gasteiger partial charge in [-0.2, -0.15) is 0 Å². The molecule has 0 aliphatic heterocycles. The second-order valence-corrected chi connectivity index (χ2v) is 3.23. The first-order valence-corrected chi connectivity index (χ1v) is 5.06. The molecule has 2 N–H and O–H groups in total. The first-order chi connectivity index (χ1) is 6.77. The molecule has 0 aliphatic carbocycles. The lowest BCUT2D eigenvalue weighted by Crippen LogP contribution is -2.15. The van der Waals surface area contributed by atoms with Crippen molar-refractivity contribution in [2.75, 3.05) is 0 Å². The number of aromatic nitrogens is 2. The summed E-state index contributed by atoms with van der Waals surface area (Å²) < 4.78 is 2.05. The Kier molecular flexibility index (Phi) is 4.21. The zero-order chi connectivity index (χ0) is 10.4. The van der Waals surface area contributed by atoms with Crippen molar-refractivity contribution < 1.29 is 0 Å². The first-order valence-electron chi connectivity index (χ1n) is 5.06. The fourth-order valence-electron chi connectivity index (χ4n) is 1.11. The fraction of sp³-hybridized carbons (Fsp3) is 0.545. The smallest absolute Gasteiger partial charge is 0.185 e. The van der Waals surface area contributed by atoms with Crippen molar-refractivity contribution in [1.82, 2.24) is 9.55 Å². The number of hydrogen-bond donors (Lipinski definition) is 1. The fourth-order valence-corrected chi connectivity index (χ4v) is 1.11. The highest BCUT2D eigenvalue weighted by Crippen LogP contribution is 1.97. The number of nitrogens with two attached hydrogens (primary N) is 1. The SMILES string of the molecule is CCCn1ccnc1C#CC(N)CC. The van der Waals surface area contributed by atoms with Crippen LogP contribution in [0.2, 0.25) is 0 Å². The van der Waals surface area contributed by atoms with Gasteiger partial charge in [-0.3, -0.25) is 0 Å². The van der Waals surface area contributed by atoms with Crippen molar-refractivity contribution >= 4 is 0 Å². The van der Waals surface area contributed by atoms with Crippen molar-refractivity contribution in [3.63, 3.8) is 0 Å². The lowest BCUT2D eigenvalue weighted by Gasteiger charge is -2.00. The summed E-state index contributed by atoms with van der Waals surface area (Å²) in [5.74, 6) is 6.80. The number of hydrogen-bond acceptors (Lipinski definition) is 2. The summed E-state index contributed by atoms with van der Waals surface area (Å²) in [6.07, 6.45) is 5.69. The van der Waals surface area contributed by atoms with Crippen molar-refractivity contribution in [3.8, 4) is 11.8 Å². The van der Waals surface area contributed by atoms with E-state index < -0.39 is 0 Å². The van der Waals surface area contributed by atoms with E-state index in [1.165, 1.54) is 0 Å². The van der Waals surface area contributed by atoms with E-state index in [1.54, 1.807) is 6.20 Å². The molecule has 0 aromatic carbocycles. The van der Waals surface area contributed by atoms with E-state index in [2.05, 4.69) is 28.3 Å². The van der Waals surface area contributed by atoms with Crippen molar-refractivity contribution in [2.24, 2.45) is 5.73 Å². The van der Waals surface area contributed by atoms with Crippen molar-refractivity contribution in [2.45, 2.75) is 39.3 Å². The highest BCUT2D eigenvalue weighted by Gasteiger charge is 1.97. The molecule has 0 spiro atoms. The van der Waals surface area contributed by atoms with Gasteiger partial charge in [-0.15, -0.1) is 0 Å². The monoisotopic (exact) mass is 191 g/mol. The zero-order valence-electron chi connectivity index (χ0n) is 8.83. The molecule has 0 radical (unpaired) electrons. The molecule has 1 aromatic heterocycles. The second-order valence-electron chi connectivity index (χ2n) is 3.23. The zero-order valence-corrected chi connectivity index (χ0v) is 8.83. The van der Waals surface area contributed by atoms with E-state index in [0.29, 0.717) is 0 Å². The minimum absolute atomic E-state index is 0.0400. The van der Waals surface area contributed by atoms with Gasteiger partial charge in [0, 0.05) is 18.9 Å². The molecule has 1 aromatic rings. The molecule has 0 saturated carbocycles. The molecule has 0 aliphatic rings. The maximum absolute atomic E-state index is 5.70. The Labute approximate surface area is 85.3 Å². The number of rotatable bonds is 3. The standard InChI is InChI=1S/C11H17N3/c1-3-8-14-9-7-13-11(14)6-5-10(12)4-2/h7,9-10H,3-4,8,12H2,1-2H3. The van der Waals surface area contributed by atoms with Crippen LogP contribution in [0.5, 0.6) is 0 Å². The Morgan fingerprint density at radius 1 is 1.57 bits per heavy atom. The molecule has 0 fully saturated rings. The van der Waals surface area contributed by atoms with Crippen LogP contribution < -0.4 is 5.73 Å². The summed E-state index contributed by atoms with van der Waals surface area (Å²) in [6.45, 7) is 5.12. The molecule has 1 rings (SSSR count). The Bertz CT molecular complexity index is 330. The Hall–Kier alpha value is -1.27. The van der Waals surface area contributed by atoms with Crippen LogP contribution in [0.3, 0.4) is 0 Å². The highest BCUT2D eigenvalue weighted by molar-refractivity contribution is 5.23. The minimum Gasteiger partial charge on any atom is -0.324 e. The van der Waals surface area contributed by atoms with Crippen LogP contribution in [0, 0.1) is 11.8 Å². The van der Waals surface area contributed by atoms with Gasteiger partial charge in [0.25, 0.3) is 0 Å². The van der Waals surface area contributed by atoms with Crippen LogP contribution in [0.1, 0.15) is 32.5 Å². The molecule has 0 saturated heterocycles. The van der Waals surface area contributed by atoms with E-state index in [-0.39, 0.29) is 6.04 Å². The quantitative estimate of drug-likeness (QED) is 0.733. The summed E-state index contributed by atoms with van der Waals surface area (Å²) in [5, 5.41) is 0. The molecule has 3 heteroatoms. The van der Waals surface area contributed by atoms with E-state index in [4.69, 9.17) is 5.73 Å². The van der Waals surface area contributed by atoms with E-state index in [0.717, 1.165) is 25.2 Å². The Morgan fingerprint density at radius 2 is 2.36 bits per heavy atom. The van der Waals surface area contributed by atoms with Crippen LogP contribution in [0.15, 0.2) is 12.4 Å². The van der Waals surface area contributed by atoms with Crippen LogP contribution in [-0.4, -0.2) is 15.6 Å². The summed E-state index contributed by atoms with van der Waals surface area (Å²) in [6, 6.07) is -0.0400. The van der Waals surface area contributed by atoms with Crippen LogP contribution in [-0.2, 0) is 6.54 Å². The minimum atomic E-state index is -0.0400. The normalized spacial score (nSPS) is 11.9. The molecule has 1 atom stereocenters. The van der Waals surface area contributed by atoms with Gasteiger partial charge in [-0.05, 0) is 18.8 Å². The molecule has 3 nitrogen and oxygen atoms in total. The van der Waals surface area contributed by atoms with Gasteiger partial charge in [0.1, 0.15) is 0 Å². The molecule has 76 valence electrons. The lowest BCUT2D eigenvalue weighted by atomic mass is 10.2. The molecular weight excluding hydrogens is 174 g/mol. The van der Waals surface area contributed by atoms with Gasteiger partial charge in [-0.25, -0.2) is 4.98 Å². The van der Waals surface area contributed by atoms with Gasteiger partial charge in [0.05, 0.1) is 6.04 Å². The summed E-state index contributed by atoms with van der Waals surface area (Å²) in [5.41, 5.74) is 5.70. The third kappa shape index (κ3) is 2.90. The average Bonchev–Trinajstić information content (AvgIpc) is 2.62. The van der Waals surface area contributed by atoms with E-state index >= 15 is 0 Å². The second kappa shape index (κ2) is 5.46. The van der Waals surface area contributed by atoms with Crippen molar-refractivity contribution in [1.29, 1.82) is 0 Å². The lowest BCUT2D eigenvalue weighted by molar-refractivity contribution is 0.670. The number of nitrogens with zero attached hydrogens (tertiary/aromatic N) is 2. The third-order valence-electron chi connectivity index (χ3n) is 1.99. The molecule has 1 unspecified atom stereocenters. The maximum Gasteiger partial charge on any atom is 0.185 e. The van der Waals surface area contributed by atoms with Crippen molar-refractivity contribution in [3.05, 3.63) is 18.2 Å². The average molecular weight is 191 g/mol. The predicted molar refractivity (Wildman–Crippen MR) is 57.7 cm³/mol. The molecule has 0 bridgehead atoms. The predicted octanol–water partition coefficient (Wildman–Crippen LogP) is 1.38. The number of imidazole rings is 1. The third-order valence-corrected chi connectivity index (χ3v) is 1.99. The Morgan fingerprint density at radius 3 is 3.00 bits per heavy atom. The topological polar surface area (TPSA) is 43.8 Å². The van der Waals surface area contributed by atoms with Gasteiger partial charge >= 0.3 is 0 Å². The van der Waals surface area contributed by atoms with Crippen LogP contribution in [0.25, 0.3) is 0 Å². The summed E-state index contributed by atoms with van der Waals surface area (Å²) >= 11 is 0. The first kappa shape index (κ1) is 10.8.